The number of hydrogen-bond acceptors (Lipinski definition) is 10. The first-order valence-corrected chi connectivity index (χ1v) is 14.8. The van der Waals surface area contributed by atoms with Gasteiger partial charge in [0.05, 0.1) is 42.3 Å². The zero-order chi connectivity index (χ0) is 29.7. The minimum Gasteiger partial charge on any atom is -0.494 e. The van der Waals surface area contributed by atoms with E-state index in [-0.39, 0.29) is 16.8 Å². The third kappa shape index (κ3) is 7.17. The number of para-hydroxylation sites is 1. The number of anilines is 6. The quantitative estimate of drug-likeness (QED) is 0.261. The summed E-state index contributed by atoms with van der Waals surface area (Å²) in [6, 6.07) is 8.79. The highest BCUT2D eigenvalue weighted by molar-refractivity contribution is 7.92. The van der Waals surface area contributed by atoms with Crippen molar-refractivity contribution in [2.24, 2.45) is 0 Å². The SMILES string of the molecule is C=CC(=O)Nc1cc(Nc2ncc(Cl)c(Nc3cccc4c3N(S(C)(=O)=O)CC4)n2)c(OC)cc1OCCN(C)C. The van der Waals surface area contributed by atoms with Crippen molar-refractivity contribution in [3.63, 3.8) is 0 Å². The zero-order valence-electron chi connectivity index (χ0n) is 23.2. The van der Waals surface area contributed by atoms with Gasteiger partial charge in [-0.05, 0) is 44.3 Å². The van der Waals surface area contributed by atoms with Gasteiger partial charge in [-0.3, -0.25) is 9.10 Å². The lowest BCUT2D eigenvalue weighted by Gasteiger charge is -2.21. The molecule has 0 saturated carbocycles. The van der Waals surface area contributed by atoms with E-state index in [2.05, 4.69) is 32.5 Å². The van der Waals surface area contributed by atoms with Crippen molar-refractivity contribution in [3.8, 4) is 11.5 Å². The average molecular weight is 602 g/mol. The van der Waals surface area contributed by atoms with E-state index in [0.717, 1.165) is 11.6 Å². The first-order chi connectivity index (χ1) is 19.5. The summed E-state index contributed by atoms with van der Waals surface area (Å²) < 4.78 is 37.6. The number of halogens is 1. The Morgan fingerprint density at radius 2 is 1.98 bits per heavy atom. The van der Waals surface area contributed by atoms with Crippen LogP contribution in [0.15, 0.2) is 49.2 Å². The van der Waals surface area contributed by atoms with Crippen molar-refractivity contribution in [3.05, 3.63) is 59.8 Å². The summed E-state index contributed by atoms with van der Waals surface area (Å²) in [4.78, 5) is 22.9. The van der Waals surface area contributed by atoms with Crippen LogP contribution in [0.4, 0.5) is 34.5 Å². The van der Waals surface area contributed by atoms with E-state index in [4.69, 9.17) is 21.1 Å². The molecule has 0 radical (unpaired) electrons. The minimum absolute atomic E-state index is 0.171. The number of nitrogens with zero attached hydrogens (tertiary/aromatic N) is 4. The summed E-state index contributed by atoms with van der Waals surface area (Å²) in [6.07, 6.45) is 4.35. The fourth-order valence-corrected chi connectivity index (χ4v) is 5.29. The summed E-state index contributed by atoms with van der Waals surface area (Å²) in [5.74, 6) is 0.855. The van der Waals surface area contributed by atoms with Crippen molar-refractivity contribution in [1.29, 1.82) is 0 Å². The van der Waals surface area contributed by atoms with Crippen molar-refractivity contribution in [1.82, 2.24) is 14.9 Å². The number of benzene rings is 2. The molecule has 12 nitrogen and oxygen atoms in total. The fourth-order valence-electron chi connectivity index (χ4n) is 4.18. The zero-order valence-corrected chi connectivity index (χ0v) is 24.8. The van der Waals surface area contributed by atoms with Crippen LogP contribution in [0.3, 0.4) is 0 Å². The lowest BCUT2D eigenvalue weighted by Crippen LogP contribution is -2.28. The monoisotopic (exact) mass is 601 g/mol. The van der Waals surface area contributed by atoms with Crippen molar-refractivity contribution >= 4 is 62.0 Å². The number of sulfonamides is 1. The van der Waals surface area contributed by atoms with Crippen LogP contribution in [0.1, 0.15) is 5.56 Å². The van der Waals surface area contributed by atoms with Gasteiger partial charge in [0.1, 0.15) is 23.1 Å². The lowest BCUT2D eigenvalue weighted by atomic mass is 10.1. The predicted octanol–water partition coefficient (Wildman–Crippen LogP) is 4.01. The number of nitrogens with one attached hydrogen (secondary N) is 3. The van der Waals surface area contributed by atoms with Gasteiger partial charge in [-0.15, -0.1) is 0 Å². The Hall–Kier alpha value is -4.07. The summed E-state index contributed by atoms with van der Waals surface area (Å²) in [7, 11) is 1.89. The molecule has 0 atom stereocenters. The highest BCUT2D eigenvalue weighted by atomic mass is 35.5. The van der Waals surface area contributed by atoms with Gasteiger partial charge < -0.3 is 30.3 Å². The molecule has 218 valence electrons. The van der Waals surface area contributed by atoms with Gasteiger partial charge in [0, 0.05) is 19.2 Å². The van der Waals surface area contributed by atoms with E-state index in [0.29, 0.717) is 60.4 Å². The molecule has 0 saturated heterocycles. The summed E-state index contributed by atoms with van der Waals surface area (Å²) in [5, 5.41) is 9.24. The Morgan fingerprint density at radius 3 is 2.66 bits per heavy atom. The Kier molecular flexibility index (Phi) is 9.21. The normalized spacial score (nSPS) is 12.6. The number of fused-ring (bicyclic) bond motifs is 1. The number of amides is 1. The Balaban J connectivity index is 1.65. The number of aromatic nitrogens is 2. The lowest BCUT2D eigenvalue weighted by molar-refractivity contribution is -0.111. The average Bonchev–Trinajstić information content (AvgIpc) is 3.37. The molecule has 0 bridgehead atoms. The van der Waals surface area contributed by atoms with Crippen LogP contribution < -0.4 is 29.7 Å². The van der Waals surface area contributed by atoms with Crippen molar-refractivity contribution in [2.75, 3.05) is 67.4 Å². The third-order valence-electron chi connectivity index (χ3n) is 6.14. The van der Waals surface area contributed by atoms with Crippen molar-refractivity contribution in [2.45, 2.75) is 6.42 Å². The predicted molar refractivity (Wildman–Crippen MR) is 162 cm³/mol. The molecule has 3 N–H and O–H groups in total. The smallest absolute Gasteiger partial charge is 0.247 e. The Labute approximate surface area is 244 Å². The minimum atomic E-state index is -3.47. The molecule has 0 unspecified atom stereocenters. The van der Waals surface area contributed by atoms with Crippen LogP contribution >= 0.6 is 11.6 Å². The van der Waals surface area contributed by atoms with Gasteiger partial charge in [-0.25, -0.2) is 13.4 Å². The van der Waals surface area contributed by atoms with Crippen LogP contribution in [0.25, 0.3) is 0 Å². The van der Waals surface area contributed by atoms with Crippen LogP contribution in [0.5, 0.6) is 11.5 Å². The number of hydrogen-bond donors (Lipinski definition) is 3. The molecular formula is C27H32ClN7O5S. The molecule has 14 heteroatoms. The molecule has 4 rings (SSSR count). The molecule has 1 aliphatic rings. The molecule has 3 aromatic rings. The van der Waals surface area contributed by atoms with Crippen molar-refractivity contribution < 1.29 is 22.7 Å². The van der Waals surface area contributed by atoms with E-state index in [1.807, 2.05) is 31.1 Å². The van der Waals surface area contributed by atoms with Gasteiger partial charge in [-0.1, -0.05) is 30.3 Å². The number of ether oxygens (including phenoxy) is 2. The molecule has 2 heterocycles. The number of carbonyl (C=O) groups is 1. The number of likely N-dealkylation sites (N-methyl/N-ethyl adjacent to an activating group) is 1. The van der Waals surface area contributed by atoms with Gasteiger partial charge in [0.2, 0.25) is 21.9 Å². The van der Waals surface area contributed by atoms with E-state index < -0.39 is 15.9 Å². The molecule has 1 amide bonds. The molecule has 41 heavy (non-hydrogen) atoms. The molecule has 1 aromatic heterocycles. The highest BCUT2D eigenvalue weighted by Gasteiger charge is 2.29. The maximum Gasteiger partial charge on any atom is 0.247 e. The molecule has 0 aliphatic carbocycles. The van der Waals surface area contributed by atoms with Gasteiger partial charge in [0.25, 0.3) is 0 Å². The van der Waals surface area contributed by atoms with E-state index in [9.17, 15) is 13.2 Å². The third-order valence-corrected chi connectivity index (χ3v) is 7.58. The maximum atomic E-state index is 12.4. The second kappa shape index (κ2) is 12.6. The van der Waals surface area contributed by atoms with Crippen LogP contribution in [-0.4, -0.2) is 76.4 Å². The molecule has 2 aromatic carbocycles. The Morgan fingerprint density at radius 1 is 1.20 bits per heavy atom. The van der Waals surface area contributed by atoms with E-state index in [1.165, 1.54) is 23.9 Å². The number of methoxy groups -OCH3 is 1. The second-order valence-corrected chi connectivity index (χ2v) is 11.7. The van der Waals surface area contributed by atoms with Crippen LogP contribution in [0, 0.1) is 0 Å². The Bertz CT molecular complexity index is 1570. The summed E-state index contributed by atoms with van der Waals surface area (Å²) in [5.41, 5.74) is 2.85. The fraction of sp³-hybridized carbons (Fsp3) is 0.296. The highest BCUT2D eigenvalue weighted by Crippen LogP contribution is 2.40. The van der Waals surface area contributed by atoms with E-state index in [1.54, 1.807) is 18.2 Å². The molecule has 0 fully saturated rings. The molecular weight excluding hydrogens is 570 g/mol. The van der Waals surface area contributed by atoms with Gasteiger partial charge in [-0.2, -0.15) is 4.98 Å². The first-order valence-electron chi connectivity index (χ1n) is 12.6. The molecule has 0 spiro atoms. The van der Waals surface area contributed by atoms with Gasteiger partial charge >= 0.3 is 0 Å². The summed E-state index contributed by atoms with van der Waals surface area (Å²) >= 11 is 6.43. The van der Waals surface area contributed by atoms with E-state index >= 15 is 0 Å². The number of carbonyl (C=O) groups excluding carboxylic acids is 1. The summed E-state index contributed by atoms with van der Waals surface area (Å²) in [6.45, 7) is 4.92. The van der Waals surface area contributed by atoms with Gasteiger partial charge in [0.15, 0.2) is 5.82 Å². The standard InChI is InChI=1S/C27H32ClN7O5S/c1-6-24(36)30-21-14-20(22(39-4)15-23(21)40-13-12-34(2)3)32-27-29-16-18(28)26(33-27)31-19-9-7-8-17-10-11-35(25(17)19)41(5,37)38/h6-9,14-16H,1,10-13H2,2-5H3,(H,30,36)(H2,29,31,32,33). The second-order valence-electron chi connectivity index (χ2n) is 9.43. The topological polar surface area (TPSA) is 138 Å². The largest absolute Gasteiger partial charge is 0.494 e. The maximum absolute atomic E-state index is 12.4. The van der Waals surface area contributed by atoms with Crippen LogP contribution in [0.2, 0.25) is 5.02 Å². The molecule has 1 aliphatic heterocycles. The number of rotatable bonds is 12. The van der Waals surface area contributed by atoms with Crippen LogP contribution in [-0.2, 0) is 21.2 Å². The first kappa shape index (κ1) is 29.9.